The maximum absolute atomic E-state index is 9.23. The molecule has 0 radical (unpaired) electrons. The predicted molar refractivity (Wildman–Crippen MR) is 70.1 cm³/mol. The number of nitrogens with zero attached hydrogens (tertiary/aromatic N) is 1. The Hall–Kier alpha value is -0.900. The van der Waals surface area contributed by atoms with Crippen molar-refractivity contribution in [2.24, 2.45) is 0 Å². The third-order valence-electron chi connectivity index (χ3n) is 3.34. The number of benzene rings is 1. The Labute approximate surface area is 103 Å². The minimum absolute atomic E-state index is 0.238. The van der Waals surface area contributed by atoms with Crippen LogP contribution in [0.2, 0.25) is 0 Å². The molecular formula is C14H22N2O. The van der Waals surface area contributed by atoms with Gasteiger partial charge in [0.15, 0.2) is 0 Å². The van der Waals surface area contributed by atoms with E-state index >= 15 is 0 Å². The van der Waals surface area contributed by atoms with Gasteiger partial charge in [-0.1, -0.05) is 30.3 Å². The van der Waals surface area contributed by atoms with Crippen molar-refractivity contribution in [1.29, 1.82) is 0 Å². The lowest BCUT2D eigenvalue weighted by molar-refractivity contribution is 0.201. The molecule has 3 heteroatoms. The van der Waals surface area contributed by atoms with Gasteiger partial charge < -0.3 is 15.3 Å². The lowest BCUT2D eigenvalue weighted by Gasteiger charge is -2.23. The molecule has 1 heterocycles. The van der Waals surface area contributed by atoms with Gasteiger partial charge in [-0.15, -0.1) is 0 Å². The summed E-state index contributed by atoms with van der Waals surface area (Å²) >= 11 is 0. The van der Waals surface area contributed by atoms with Gasteiger partial charge in [-0.3, -0.25) is 0 Å². The highest BCUT2D eigenvalue weighted by Gasteiger charge is 2.16. The molecule has 3 nitrogen and oxygen atoms in total. The standard InChI is InChI=1S/C14H22N2O/c17-12-14-11-16(9-4-8-15-14)10-7-13-5-2-1-3-6-13/h1-3,5-6,14-15,17H,4,7-12H2. The molecule has 1 aromatic carbocycles. The van der Waals surface area contributed by atoms with E-state index in [1.807, 2.05) is 0 Å². The first-order valence-corrected chi connectivity index (χ1v) is 6.49. The highest BCUT2D eigenvalue weighted by atomic mass is 16.3. The first kappa shape index (κ1) is 12.6. The van der Waals surface area contributed by atoms with Gasteiger partial charge in [-0.05, 0) is 31.5 Å². The van der Waals surface area contributed by atoms with Crippen molar-refractivity contribution in [3.05, 3.63) is 35.9 Å². The fourth-order valence-corrected chi connectivity index (χ4v) is 2.33. The summed E-state index contributed by atoms with van der Waals surface area (Å²) in [5.41, 5.74) is 1.39. The SMILES string of the molecule is OCC1CN(CCc2ccccc2)CCCN1. The molecule has 0 bridgehead atoms. The molecule has 0 aliphatic carbocycles. The number of hydrogen-bond acceptors (Lipinski definition) is 3. The number of aliphatic hydroxyl groups is 1. The van der Waals surface area contributed by atoms with Crippen molar-refractivity contribution < 1.29 is 5.11 Å². The quantitative estimate of drug-likeness (QED) is 0.812. The summed E-state index contributed by atoms with van der Waals surface area (Å²) in [6.07, 6.45) is 2.27. The summed E-state index contributed by atoms with van der Waals surface area (Å²) in [6.45, 7) is 4.44. The van der Waals surface area contributed by atoms with Crippen molar-refractivity contribution in [2.75, 3.05) is 32.8 Å². The molecule has 17 heavy (non-hydrogen) atoms. The minimum atomic E-state index is 0.238. The zero-order valence-electron chi connectivity index (χ0n) is 10.3. The fourth-order valence-electron chi connectivity index (χ4n) is 2.33. The Balaban J connectivity index is 1.81. The van der Waals surface area contributed by atoms with E-state index in [1.54, 1.807) is 0 Å². The number of nitrogens with one attached hydrogen (secondary N) is 1. The summed E-state index contributed by atoms with van der Waals surface area (Å²) in [5, 5.41) is 12.6. The Morgan fingerprint density at radius 3 is 2.88 bits per heavy atom. The maximum atomic E-state index is 9.23. The summed E-state index contributed by atoms with van der Waals surface area (Å²) in [6, 6.07) is 10.8. The highest BCUT2D eigenvalue weighted by molar-refractivity contribution is 5.14. The summed E-state index contributed by atoms with van der Waals surface area (Å²) in [7, 11) is 0. The van der Waals surface area contributed by atoms with E-state index in [0.717, 1.165) is 32.6 Å². The molecule has 1 saturated heterocycles. The van der Waals surface area contributed by atoms with Crippen molar-refractivity contribution in [1.82, 2.24) is 10.2 Å². The van der Waals surface area contributed by atoms with Crippen LogP contribution in [0.1, 0.15) is 12.0 Å². The van der Waals surface area contributed by atoms with E-state index in [9.17, 15) is 5.11 Å². The molecule has 1 unspecified atom stereocenters. The molecule has 1 aromatic rings. The van der Waals surface area contributed by atoms with E-state index in [-0.39, 0.29) is 12.6 Å². The monoisotopic (exact) mass is 234 g/mol. The lowest BCUT2D eigenvalue weighted by Crippen LogP contribution is -2.40. The molecule has 0 spiro atoms. The Kier molecular flexibility index (Phi) is 4.98. The average Bonchev–Trinajstić information content (AvgIpc) is 2.62. The second-order valence-corrected chi connectivity index (χ2v) is 4.72. The van der Waals surface area contributed by atoms with Crippen LogP contribution in [0.4, 0.5) is 0 Å². The maximum Gasteiger partial charge on any atom is 0.0597 e. The smallest absolute Gasteiger partial charge is 0.0597 e. The van der Waals surface area contributed by atoms with Crippen molar-refractivity contribution in [3.63, 3.8) is 0 Å². The first-order valence-electron chi connectivity index (χ1n) is 6.49. The van der Waals surface area contributed by atoms with Crippen LogP contribution in [0.15, 0.2) is 30.3 Å². The van der Waals surface area contributed by atoms with Gasteiger partial charge in [0.1, 0.15) is 0 Å². The molecule has 1 atom stereocenters. The van der Waals surface area contributed by atoms with E-state index in [2.05, 4.69) is 40.5 Å². The van der Waals surface area contributed by atoms with Crippen LogP contribution in [0.3, 0.4) is 0 Å². The van der Waals surface area contributed by atoms with Crippen LogP contribution in [0.25, 0.3) is 0 Å². The van der Waals surface area contributed by atoms with Crippen LogP contribution >= 0.6 is 0 Å². The van der Waals surface area contributed by atoms with E-state index in [0.29, 0.717) is 0 Å². The minimum Gasteiger partial charge on any atom is -0.395 e. The molecular weight excluding hydrogens is 212 g/mol. The molecule has 0 aromatic heterocycles. The second kappa shape index (κ2) is 6.74. The van der Waals surface area contributed by atoms with E-state index in [1.165, 1.54) is 12.0 Å². The number of hydrogen-bond donors (Lipinski definition) is 2. The van der Waals surface area contributed by atoms with Crippen LogP contribution in [-0.2, 0) is 6.42 Å². The second-order valence-electron chi connectivity index (χ2n) is 4.72. The van der Waals surface area contributed by atoms with E-state index in [4.69, 9.17) is 0 Å². The Bertz CT molecular complexity index is 315. The lowest BCUT2D eigenvalue weighted by atomic mass is 10.1. The fraction of sp³-hybridized carbons (Fsp3) is 0.571. The molecule has 0 amide bonds. The third kappa shape index (κ3) is 4.11. The van der Waals surface area contributed by atoms with Crippen molar-refractivity contribution in [2.45, 2.75) is 18.9 Å². The first-order chi connectivity index (χ1) is 8.38. The number of rotatable bonds is 4. The zero-order chi connectivity index (χ0) is 11.9. The van der Waals surface area contributed by atoms with Crippen LogP contribution in [-0.4, -0.2) is 48.8 Å². The van der Waals surface area contributed by atoms with Crippen LogP contribution in [0, 0.1) is 0 Å². The van der Waals surface area contributed by atoms with E-state index < -0.39 is 0 Å². The average molecular weight is 234 g/mol. The van der Waals surface area contributed by atoms with Gasteiger partial charge in [0.05, 0.1) is 6.61 Å². The normalized spacial score (nSPS) is 22.3. The Morgan fingerprint density at radius 1 is 1.29 bits per heavy atom. The summed E-state index contributed by atoms with van der Waals surface area (Å²) < 4.78 is 0. The molecule has 2 rings (SSSR count). The third-order valence-corrected chi connectivity index (χ3v) is 3.34. The zero-order valence-corrected chi connectivity index (χ0v) is 10.3. The van der Waals surface area contributed by atoms with Gasteiger partial charge in [-0.25, -0.2) is 0 Å². The Morgan fingerprint density at radius 2 is 2.12 bits per heavy atom. The summed E-state index contributed by atoms with van der Waals surface area (Å²) in [5.74, 6) is 0. The molecule has 0 saturated carbocycles. The topological polar surface area (TPSA) is 35.5 Å². The highest BCUT2D eigenvalue weighted by Crippen LogP contribution is 2.05. The number of aliphatic hydroxyl groups excluding tert-OH is 1. The molecule has 1 fully saturated rings. The van der Waals surface area contributed by atoms with Crippen molar-refractivity contribution in [3.8, 4) is 0 Å². The molecule has 1 aliphatic rings. The van der Waals surface area contributed by atoms with Crippen molar-refractivity contribution >= 4 is 0 Å². The summed E-state index contributed by atoms with van der Waals surface area (Å²) in [4.78, 5) is 2.45. The van der Waals surface area contributed by atoms with Gasteiger partial charge in [0, 0.05) is 19.1 Å². The van der Waals surface area contributed by atoms with Gasteiger partial charge in [0.2, 0.25) is 0 Å². The largest absolute Gasteiger partial charge is 0.395 e. The molecule has 94 valence electrons. The van der Waals surface area contributed by atoms with Gasteiger partial charge in [-0.2, -0.15) is 0 Å². The van der Waals surface area contributed by atoms with Crippen LogP contribution in [0.5, 0.6) is 0 Å². The van der Waals surface area contributed by atoms with Gasteiger partial charge in [0.25, 0.3) is 0 Å². The predicted octanol–water partition coefficient (Wildman–Crippen LogP) is 0.885. The van der Waals surface area contributed by atoms with Gasteiger partial charge >= 0.3 is 0 Å². The molecule has 2 N–H and O–H groups in total. The molecule has 1 aliphatic heterocycles. The van der Waals surface area contributed by atoms with Crippen LogP contribution < -0.4 is 5.32 Å².